The first kappa shape index (κ1) is 13.4. The molecule has 0 radical (unpaired) electrons. The fraction of sp³-hybridized carbons (Fsp3) is 0.600. The summed E-state index contributed by atoms with van der Waals surface area (Å²) in [5, 5.41) is 3.37. The molecular weight excluding hydrogens is 226 g/mol. The molecule has 1 aliphatic rings. The molecule has 0 aromatic heterocycles. The van der Waals surface area contributed by atoms with Crippen LogP contribution in [0.2, 0.25) is 0 Å². The normalized spacial score (nSPS) is 16.4. The summed E-state index contributed by atoms with van der Waals surface area (Å²) in [6.07, 6.45) is 2.01. The Labute approximate surface area is 109 Å². The highest BCUT2D eigenvalue weighted by Gasteiger charge is 2.31. The third-order valence-corrected chi connectivity index (χ3v) is 3.23. The van der Waals surface area contributed by atoms with Gasteiger partial charge >= 0.3 is 0 Å². The Morgan fingerprint density at radius 1 is 1.33 bits per heavy atom. The summed E-state index contributed by atoms with van der Waals surface area (Å²) < 4.78 is 11.1. The molecule has 1 aromatic carbocycles. The Kier molecular flexibility index (Phi) is 4.25. The summed E-state index contributed by atoms with van der Waals surface area (Å²) in [7, 11) is 1.72. The smallest absolute Gasteiger partial charge is 0.126 e. The molecule has 1 heterocycles. The molecule has 0 atom stereocenters. The van der Waals surface area contributed by atoms with Crippen LogP contribution in [0.5, 0.6) is 5.75 Å². The number of hydrogen-bond donors (Lipinski definition) is 1. The van der Waals surface area contributed by atoms with E-state index >= 15 is 0 Å². The zero-order valence-corrected chi connectivity index (χ0v) is 11.6. The number of para-hydroxylation sites is 1. The first-order chi connectivity index (χ1) is 8.62. The maximum Gasteiger partial charge on any atom is 0.126 e. The summed E-state index contributed by atoms with van der Waals surface area (Å²) >= 11 is 0. The Balaban J connectivity index is 1.93. The summed E-state index contributed by atoms with van der Waals surface area (Å²) in [4.78, 5) is 0. The van der Waals surface area contributed by atoms with Gasteiger partial charge in [-0.25, -0.2) is 0 Å². The molecule has 1 aromatic rings. The van der Waals surface area contributed by atoms with Gasteiger partial charge in [0, 0.05) is 20.1 Å². The fourth-order valence-corrected chi connectivity index (χ4v) is 2.40. The van der Waals surface area contributed by atoms with Crippen molar-refractivity contribution in [3.63, 3.8) is 0 Å². The molecule has 1 N–H and O–H groups in total. The second-order valence-corrected chi connectivity index (χ2v) is 5.44. The fourth-order valence-electron chi connectivity index (χ4n) is 2.40. The van der Waals surface area contributed by atoms with Crippen molar-refractivity contribution in [1.82, 2.24) is 5.32 Å². The first-order valence-electron chi connectivity index (χ1n) is 6.62. The minimum Gasteiger partial charge on any atom is -0.487 e. The molecule has 0 saturated carbocycles. The average molecular weight is 249 g/mol. The van der Waals surface area contributed by atoms with Gasteiger partial charge in [-0.15, -0.1) is 0 Å². The first-order valence-corrected chi connectivity index (χ1v) is 6.62. The maximum absolute atomic E-state index is 6.05. The molecule has 0 bridgehead atoms. The standard InChI is InChI=1S/C15H23NO2/c1-15(2)11-13-6-4-5-12(14(13)18-15)7-8-16-9-10-17-3/h4-6,16H,7-11H2,1-3H3. The third kappa shape index (κ3) is 3.24. The highest BCUT2D eigenvalue weighted by Crippen LogP contribution is 2.37. The maximum atomic E-state index is 6.05. The van der Waals surface area contributed by atoms with E-state index in [1.165, 1.54) is 11.1 Å². The van der Waals surface area contributed by atoms with E-state index in [0.717, 1.165) is 38.3 Å². The van der Waals surface area contributed by atoms with Crippen molar-refractivity contribution in [3.8, 4) is 5.75 Å². The molecule has 3 nitrogen and oxygen atoms in total. The van der Waals surface area contributed by atoms with Crippen molar-refractivity contribution >= 4 is 0 Å². The van der Waals surface area contributed by atoms with Crippen molar-refractivity contribution in [2.45, 2.75) is 32.3 Å². The van der Waals surface area contributed by atoms with Crippen LogP contribution in [0, 0.1) is 0 Å². The Morgan fingerprint density at radius 2 is 2.17 bits per heavy atom. The van der Waals surface area contributed by atoms with E-state index in [0.29, 0.717) is 0 Å². The molecule has 0 unspecified atom stereocenters. The molecule has 3 heteroatoms. The van der Waals surface area contributed by atoms with Crippen LogP contribution in [-0.2, 0) is 17.6 Å². The van der Waals surface area contributed by atoms with Gasteiger partial charge in [0.25, 0.3) is 0 Å². The molecular formula is C15H23NO2. The van der Waals surface area contributed by atoms with Gasteiger partial charge in [0.2, 0.25) is 0 Å². The Bertz CT molecular complexity index is 401. The second kappa shape index (κ2) is 5.72. The van der Waals surface area contributed by atoms with Gasteiger partial charge in [0.1, 0.15) is 11.4 Å². The largest absolute Gasteiger partial charge is 0.487 e. The van der Waals surface area contributed by atoms with Crippen molar-refractivity contribution in [2.24, 2.45) is 0 Å². The molecule has 100 valence electrons. The number of fused-ring (bicyclic) bond motifs is 1. The van der Waals surface area contributed by atoms with Gasteiger partial charge < -0.3 is 14.8 Å². The van der Waals surface area contributed by atoms with Crippen LogP contribution in [0.25, 0.3) is 0 Å². The molecule has 18 heavy (non-hydrogen) atoms. The van der Waals surface area contributed by atoms with Crippen molar-refractivity contribution in [1.29, 1.82) is 0 Å². The Hall–Kier alpha value is -1.06. The van der Waals surface area contributed by atoms with Crippen molar-refractivity contribution in [2.75, 3.05) is 26.8 Å². The zero-order chi connectivity index (χ0) is 13.0. The minimum atomic E-state index is -0.0537. The molecule has 2 rings (SSSR count). The zero-order valence-electron chi connectivity index (χ0n) is 11.6. The molecule has 0 saturated heterocycles. The monoisotopic (exact) mass is 249 g/mol. The van der Waals surface area contributed by atoms with Crippen LogP contribution in [0.4, 0.5) is 0 Å². The number of nitrogens with one attached hydrogen (secondary N) is 1. The van der Waals surface area contributed by atoms with Crippen LogP contribution in [0.15, 0.2) is 18.2 Å². The molecule has 1 aliphatic heterocycles. The number of hydrogen-bond acceptors (Lipinski definition) is 3. The van der Waals surface area contributed by atoms with Crippen molar-refractivity contribution in [3.05, 3.63) is 29.3 Å². The van der Waals surface area contributed by atoms with Crippen LogP contribution in [0.3, 0.4) is 0 Å². The molecule has 0 aliphatic carbocycles. The van der Waals surface area contributed by atoms with E-state index in [-0.39, 0.29) is 5.60 Å². The Morgan fingerprint density at radius 3 is 2.94 bits per heavy atom. The van der Waals surface area contributed by atoms with Crippen LogP contribution in [-0.4, -0.2) is 32.4 Å². The lowest BCUT2D eigenvalue weighted by molar-refractivity contribution is 0.137. The molecule has 0 fully saturated rings. The van der Waals surface area contributed by atoms with Gasteiger partial charge in [-0.05, 0) is 37.9 Å². The number of methoxy groups -OCH3 is 1. The van der Waals surface area contributed by atoms with Crippen LogP contribution < -0.4 is 10.1 Å². The van der Waals surface area contributed by atoms with E-state index in [4.69, 9.17) is 9.47 Å². The lowest BCUT2D eigenvalue weighted by Crippen LogP contribution is -2.25. The topological polar surface area (TPSA) is 30.5 Å². The van der Waals surface area contributed by atoms with Crippen LogP contribution in [0.1, 0.15) is 25.0 Å². The highest BCUT2D eigenvalue weighted by atomic mass is 16.5. The molecule has 0 amide bonds. The SMILES string of the molecule is COCCNCCc1cccc2c1OC(C)(C)C2. The van der Waals surface area contributed by atoms with Crippen molar-refractivity contribution < 1.29 is 9.47 Å². The van der Waals surface area contributed by atoms with E-state index in [2.05, 4.69) is 37.4 Å². The van der Waals surface area contributed by atoms with E-state index in [1.54, 1.807) is 7.11 Å². The highest BCUT2D eigenvalue weighted by molar-refractivity contribution is 5.45. The van der Waals surface area contributed by atoms with E-state index in [1.807, 2.05) is 0 Å². The number of rotatable bonds is 6. The molecule has 0 spiro atoms. The average Bonchev–Trinajstić information content (AvgIpc) is 2.63. The van der Waals surface area contributed by atoms with E-state index in [9.17, 15) is 0 Å². The van der Waals surface area contributed by atoms with Gasteiger partial charge in [0.15, 0.2) is 0 Å². The van der Waals surface area contributed by atoms with Gasteiger partial charge in [-0.2, -0.15) is 0 Å². The predicted molar refractivity (Wildman–Crippen MR) is 73.3 cm³/mol. The van der Waals surface area contributed by atoms with Gasteiger partial charge in [-0.1, -0.05) is 18.2 Å². The lowest BCUT2D eigenvalue weighted by Gasteiger charge is -2.18. The quantitative estimate of drug-likeness (QED) is 0.784. The summed E-state index contributed by atoms with van der Waals surface area (Å²) in [5.41, 5.74) is 2.60. The van der Waals surface area contributed by atoms with Crippen LogP contribution >= 0.6 is 0 Å². The lowest BCUT2D eigenvalue weighted by atomic mass is 10.00. The van der Waals surface area contributed by atoms with E-state index < -0.39 is 0 Å². The number of ether oxygens (including phenoxy) is 2. The second-order valence-electron chi connectivity index (χ2n) is 5.44. The number of benzene rings is 1. The minimum absolute atomic E-state index is 0.0537. The predicted octanol–water partition coefficient (Wildman–Crippen LogP) is 2.18. The van der Waals surface area contributed by atoms with Gasteiger partial charge in [-0.3, -0.25) is 0 Å². The summed E-state index contributed by atoms with van der Waals surface area (Å²) in [5.74, 6) is 1.11. The summed E-state index contributed by atoms with van der Waals surface area (Å²) in [6, 6.07) is 6.47. The third-order valence-electron chi connectivity index (χ3n) is 3.23. The van der Waals surface area contributed by atoms with Gasteiger partial charge in [0.05, 0.1) is 6.61 Å². The summed E-state index contributed by atoms with van der Waals surface area (Å²) in [6.45, 7) is 6.92.